The molecule has 0 aromatic heterocycles. The van der Waals surface area contributed by atoms with Crippen molar-refractivity contribution in [2.24, 2.45) is 0 Å². The first-order valence-electron chi connectivity index (χ1n) is 6.25. The van der Waals surface area contributed by atoms with E-state index in [0.29, 0.717) is 12.2 Å². The molecule has 0 spiro atoms. The Hall–Kier alpha value is -2.21. The van der Waals surface area contributed by atoms with Gasteiger partial charge in [0.05, 0.1) is 7.11 Å². The number of carbonyl (C=O) groups excluding carboxylic acids is 1. The Labute approximate surface area is 131 Å². The molecule has 0 fully saturated rings. The van der Waals surface area contributed by atoms with Crippen molar-refractivity contribution in [2.75, 3.05) is 17.7 Å². The van der Waals surface area contributed by atoms with Crippen molar-refractivity contribution in [1.82, 2.24) is 0 Å². The van der Waals surface area contributed by atoms with Crippen molar-refractivity contribution in [3.05, 3.63) is 52.5 Å². The molecular weight excluding hydrogens is 336 g/mol. The van der Waals surface area contributed by atoms with Crippen molar-refractivity contribution >= 4 is 33.4 Å². The zero-order valence-electron chi connectivity index (χ0n) is 11.4. The van der Waals surface area contributed by atoms with Crippen LogP contribution in [0, 0.1) is 0 Å². The maximum absolute atomic E-state index is 11.1. The molecule has 0 unspecified atom stereocenters. The number of hydrogen-bond donors (Lipinski definition) is 3. The van der Waals surface area contributed by atoms with Crippen LogP contribution in [0.25, 0.3) is 0 Å². The van der Waals surface area contributed by atoms with Crippen molar-refractivity contribution in [3.8, 4) is 5.75 Å². The van der Waals surface area contributed by atoms with Gasteiger partial charge in [0, 0.05) is 28.0 Å². The van der Waals surface area contributed by atoms with Gasteiger partial charge >= 0.3 is 6.09 Å². The van der Waals surface area contributed by atoms with Crippen LogP contribution in [0.2, 0.25) is 0 Å². The summed E-state index contributed by atoms with van der Waals surface area (Å²) >= 11 is 3.37. The Balaban J connectivity index is 1.97. The number of anilines is 2. The van der Waals surface area contributed by atoms with E-state index in [1.165, 1.54) is 7.11 Å². The standard InChI is InChI=1S/C15H15BrN2O3/c1-21-15(20)18-13-5-3-12(4-6-13)17-9-10-8-11(16)2-7-14(10)19/h2-8,17,19H,9H2,1H3,(H,18,20). The molecule has 0 bridgehead atoms. The summed E-state index contributed by atoms with van der Waals surface area (Å²) in [5, 5.41) is 15.5. The van der Waals surface area contributed by atoms with E-state index in [1.807, 2.05) is 18.2 Å². The molecule has 0 atom stereocenters. The summed E-state index contributed by atoms with van der Waals surface area (Å²) in [5.74, 6) is 0.245. The van der Waals surface area contributed by atoms with E-state index in [2.05, 4.69) is 31.3 Å². The molecule has 2 rings (SSSR count). The summed E-state index contributed by atoms with van der Waals surface area (Å²) in [6, 6.07) is 12.5. The van der Waals surface area contributed by atoms with E-state index in [1.54, 1.807) is 24.3 Å². The summed E-state index contributed by atoms with van der Waals surface area (Å²) < 4.78 is 5.43. The third-order valence-electron chi connectivity index (χ3n) is 2.84. The maximum Gasteiger partial charge on any atom is 0.411 e. The summed E-state index contributed by atoms with van der Waals surface area (Å²) in [5.41, 5.74) is 2.32. The molecule has 0 radical (unpaired) electrons. The smallest absolute Gasteiger partial charge is 0.411 e. The van der Waals surface area contributed by atoms with Crippen LogP contribution in [0.15, 0.2) is 46.9 Å². The number of phenolic OH excluding ortho intramolecular Hbond substituents is 1. The summed E-state index contributed by atoms with van der Waals surface area (Å²) in [6.07, 6.45) is -0.505. The molecule has 0 heterocycles. The minimum atomic E-state index is -0.505. The van der Waals surface area contributed by atoms with Crippen molar-refractivity contribution in [1.29, 1.82) is 0 Å². The van der Waals surface area contributed by atoms with Gasteiger partial charge in [-0.25, -0.2) is 4.79 Å². The number of nitrogens with one attached hydrogen (secondary N) is 2. The van der Waals surface area contributed by atoms with Gasteiger partial charge in [0.15, 0.2) is 0 Å². The average molecular weight is 351 g/mol. The van der Waals surface area contributed by atoms with Crippen molar-refractivity contribution < 1.29 is 14.6 Å². The Morgan fingerprint density at radius 3 is 2.52 bits per heavy atom. The number of amides is 1. The van der Waals surface area contributed by atoms with Crippen LogP contribution in [0.3, 0.4) is 0 Å². The van der Waals surface area contributed by atoms with Crippen molar-refractivity contribution in [2.45, 2.75) is 6.54 Å². The highest BCUT2D eigenvalue weighted by Gasteiger charge is 2.03. The van der Waals surface area contributed by atoms with Crippen molar-refractivity contribution in [3.63, 3.8) is 0 Å². The average Bonchev–Trinajstić information content (AvgIpc) is 2.49. The molecule has 110 valence electrons. The van der Waals surface area contributed by atoms with E-state index in [-0.39, 0.29) is 5.75 Å². The molecule has 0 aliphatic rings. The topological polar surface area (TPSA) is 70.6 Å². The lowest BCUT2D eigenvalue weighted by molar-refractivity contribution is 0.187. The van der Waals surface area contributed by atoms with Gasteiger partial charge in [-0.1, -0.05) is 15.9 Å². The second-order valence-electron chi connectivity index (χ2n) is 4.32. The van der Waals surface area contributed by atoms with E-state index in [0.717, 1.165) is 15.7 Å². The number of halogens is 1. The Kier molecular flexibility index (Phi) is 5.05. The first-order chi connectivity index (χ1) is 10.1. The lowest BCUT2D eigenvalue weighted by Gasteiger charge is -2.10. The molecule has 5 nitrogen and oxygen atoms in total. The zero-order valence-corrected chi connectivity index (χ0v) is 13.0. The van der Waals surface area contributed by atoms with Gasteiger partial charge in [-0.2, -0.15) is 0 Å². The van der Waals surface area contributed by atoms with Gasteiger partial charge < -0.3 is 15.2 Å². The van der Waals surface area contributed by atoms with Crippen LogP contribution in [0.4, 0.5) is 16.2 Å². The summed E-state index contributed by atoms with van der Waals surface area (Å²) in [4.78, 5) is 11.1. The van der Waals surface area contributed by atoms with E-state index < -0.39 is 6.09 Å². The first-order valence-corrected chi connectivity index (χ1v) is 7.04. The highest BCUT2D eigenvalue weighted by atomic mass is 79.9. The van der Waals surface area contributed by atoms with E-state index in [9.17, 15) is 9.90 Å². The third kappa shape index (κ3) is 4.39. The molecule has 2 aromatic carbocycles. The first kappa shape index (κ1) is 15.2. The number of hydrogen-bond acceptors (Lipinski definition) is 4. The maximum atomic E-state index is 11.1. The second-order valence-corrected chi connectivity index (χ2v) is 5.24. The molecular formula is C15H15BrN2O3. The summed E-state index contributed by atoms with van der Waals surface area (Å²) in [6.45, 7) is 0.495. The molecule has 3 N–H and O–H groups in total. The van der Waals surface area contributed by atoms with Gasteiger partial charge in [0.25, 0.3) is 0 Å². The van der Waals surface area contributed by atoms with Gasteiger partial charge in [0.2, 0.25) is 0 Å². The largest absolute Gasteiger partial charge is 0.508 e. The Morgan fingerprint density at radius 2 is 1.86 bits per heavy atom. The molecule has 0 aliphatic heterocycles. The predicted molar refractivity (Wildman–Crippen MR) is 85.6 cm³/mol. The number of carbonyl (C=O) groups is 1. The quantitative estimate of drug-likeness (QED) is 0.780. The number of rotatable bonds is 4. The van der Waals surface area contributed by atoms with Gasteiger partial charge in [0.1, 0.15) is 5.75 Å². The Bertz CT molecular complexity index is 629. The zero-order chi connectivity index (χ0) is 15.2. The highest BCUT2D eigenvalue weighted by Crippen LogP contribution is 2.23. The van der Waals surface area contributed by atoms with Crippen LogP contribution < -0.4 is 10.6 Å². The second kappa shape index (κ2) is 6.99. The molecule has 2 aromatic rings. The number of benzene rings is 2. The summed E-state index contributed by atoms with van der Waals surface area (Å²) in [7, 11) is 1.32. The molecule has 21 heavy (non-hydrogen) atoms. The monoisotopic (exact) mass is 350 g/mol. The van der Waals surface area contributed by atoms with Gasteiger partial charge in [-0.3, -0.25) is 5.32 Å². The predicted octanol–water partition coefficient (Wildman–Crippen LogP) is 3.95. The molecule has 1 amide bonds. The van der Waals surface area contributed by atoms with Crippen LogP contribution >= 0.6 is 15.9 Å². The minimum absolute atomic E-state index is 0.245. The van der Waals surface area contributed by atoms with Gasteiger partial charge in [-0.15, -0.1) is 0 Å². The number of ether oxygens (including phenoxy) is 1. The Morgan fingerprint density at radius 1 is 1.19 bits per heavy atom. The lowest BCUT2D eigenvalue weighted by atomic mass is 10.2. The van der Waals surface area contributed by atoms with E-state index in [4.69, 9.17) is 0 Å². The third-order valence-corrected chi connectivity index (χ3v) is 3.33. The molecule has 0 aliphatic carbocycles. The fourth-order valence-electron chi connectivity index (χ4n) is 1.73. The fraction of sp³-hybridized carbons (Fsp3) is 0.133. The van der Waals surface area contributed by atoms with Crippen LogP contribution in [-0.2, 0) is 11.3 Å². The minimum Gasteiger partial charge on any atom is -0.508 e. The normalized spacial score (nSPS) is 10.0. The SMILES string of the molecule is COC(=O)Nc1ccc(NCc2cc(Br)ccc2O)cc1. The molecule has 0 saturated carbocycles. The van der Waals surface area contributed by atoms with Gasteiger partial charge in [-0.05, 0) is 42.5 Å². The van der Waals surface area contributed by atoms with E-state index >= 15 is 0 Å². The fourth-order valence-corrected chi connectivity index (χ4v) is 2.14. The highest BCUT2D eigenvalue weighted by molar-refractivity contribution is 9.10. The number of aromatic hydroxyl groups is 1. The number of methoxy groups -OCH3 is 1. The molecule has 0 saturated heterocycles. The lowest BCUT2D eigenvalue weighted by Crippen LogP contribution is -2.10. The molecule has 6 heteroatoms. The van der Waals surface area contributed by atoms with Crippen LogP contribution in [0.5, 0.6) is 5.75 Å². The van der Waals surface area contributed by atoms with Crippen LogP contribution in [0.1, 0.15) is 5.56 Å². The van der Waals surface area contributed by atoms with Crippen LogP contribution in [-0.4, -0.2) is 18.3 Å². The number of phenols is 1.